The van der Waals surface area contributed by atoms with Gasteiger partial charge in [0.25, 0.3) is 0 Å². The highest BCUT2D eigenvalue weighted by atomic mass is 16.5. The van der Waals surface area contributed by atoms with E-state index in [1.54, 1.807) is 0 Å². The average molecular weight is 242 g/mol. The molecule has 0 unspecified atom stereocenters. The molecular weight excluding hydrogens is 228 g/mol. The lowest BCUT2D eigenvalue weighted by Crippen LogP contribution is -2.36. The van der Waals surface area contributed by atoms with Crippen LogP contribution in [0.3, 0.4) is 0 Å². The van der Waals surface area contributed by atoms with Crippen molar-refractivity contribution in [3.05, 3.63) is 42.0 Å². The third-order valence-electron chi connectivity index (χ3n) is 4.39. The van der Waals surface area contributed by atoms with E-state index in [2.05, 4.69) is 0 Å². The topological polar surface area (TPSA) is 46.5 Å². The minimum atomic E-state index is -0.407. The maximum absolute atomic E-state index is 12.5. The summed E-state index contributed by atoms with van der Waals surface area (Å²) in [5, 5.41) is 9.84. The molecule has 1 N–H and O–H groups in total. The van der Waals surface area contributed by atoms with Gasteiger partial charge in [-0.15, -0.1) is 0 Å². The molecule has 3 aliphatic rings. The van der Waals surface area contributed by atoms with Crippen LogP contribution in [0, 0.1) is 11.8 Å². The summed E-state index contributed by atoms with van der Waals surface area (Å²) in [6.07, 6.45) is 1.95. The minimum absolute atomic E-state index is 0.0615. The number of hydrogen-bond acceptors (Lipinski definition) is 3. The smallest absolute Gasteiger partial charge is 0.169 e. The van der Waals surface area contributed by atoms with Crippen LogP contribution in [-0.2, 0) is 9.53 Å². The van der Waals surface area contributed by atoms with Gasteiger partial charge in [0.1, 0.15) is 0 Å². The molecule has 0 spiro atoms. The van der Waals surface area contributed by atoms with Crippen molar-refractivity contribution >= 4 is 11.4 Å². The first-order valence-electron chi connectivity index (χ1n) is 6.40. The van der Waals surface area contributed by atoms with Gasteiger partial charge >= 0.3 is 0 Å². The van der Waals surface area contributed by atoms with Crippen molar-refractivity contribution in [2.75, 3.05) is 0 Å². The Morgan fingerprint density at radius 3 is 2.78 bits per heavy atom. The fourth-order valence-corrected chi connectivity index (χ4v) is 3.60. The van der Waals surface area contributed by atoms with Crippen LogP contribution in [0.15, 0.2) is 36.4 Å². The van der Waals surface area contributed by atoms with Gasteiger partial charge in [-0.05, 0) is 5.56 Å². The molecule has 2 bridgehead atoms. The molecule has 18 heavy (non-hydrogen) atoms. The summed E-state index contributed by atoms with van der Waals surface area (Å²) < 4.78 is 5.69. The van der Waals surface area contributed by atoms with Gasteiger partial charge in [-0.3, -0.25) is 4.79 Å². The molecular formula is C15H14O3. The highest BCUT2D eigenvalue weighted by molar-refractivity contribution is 6.24. The highest BCUT2D eigenvalue weighted by Crippen LogP contribution is 2.50. The van der Waals surface area contributed by atoms with Crippen LogP contribution in [-0.4, -0.2) is 29.2 Å². The summed E-state index contributed by atoms with van der Waals surface area (Å²) in [7, 11) is 0. The first kappa shape index (κ1) is 10.5. The van der Waals surface area contributed by atoms with E-state index in [9.17, 15) is 9.90 Å². The molecule has 0 amide bonds. The van der Waals surface area contributed by atoms with Gasteiger partial charge in [0, 0.05) is 17.9 Å². The molecule has 92 valence electrons. The third kappa shape index (κ3) is 1.23. The molecule has 0 saturated carbocycles. The van der Waals surface area contributed by atoms with Crippen molar-refractivity contribution in [2.24, 2.45) is 11.8 Å². The van der Waals surface area contributed by atoms with E-state index in [0.717, 1.165) is 11.1 Å². The van der Waals surface area contributed by atoms with Crippen LogP contribution in [0.1, 0.15) is 12.0 Å². The van der Waals surface area contributed by atoms with Crippen molar-refractivity contribution < 1.29 is 14.6 Å². The minimum Gasteiger partial charge on any atom is -0.390 e. The molecule has 2 aliphatic heterocycles. The second-order valence-corrected chi connectivity index (χ2v) is 5.36. The predicted molar refractivity (Wildman–Crippen MR) is 65.7 cm³/mol. The predicted octanol–water partition coefficient (Wildman–Crippen LogP) is 1.42. The second-order valence-electron chi connectivity index (χ2n) is 5.36. The molecule has 1 aromatic carbocycles. The number of rotatable bonds is 1. The van der Waals surface area contributed by atoms with Crippen molar-refractivity contribution in [1.29, 1.82) is 0 Å². The molecule has 1 aliphatic carbocycles. The molecule has 1 aromatic rings. The van der Waals surface area contributed by atoms with Crippen LogP contribution >= 0.6 is 0 Å². The lowest BCUT2D eigenvalue weighted by atomic mass is 9.79. The second kappa shape index (κ2) is 3.53. The van der Waals surface area contributed by atoms with Crippen molar-refractivity contribution in [3.63, 3.8) is 0 Å². The number of aliphatic hydroxyl groups is 1. The normalized spacial score (nSPS) is 41.1. The van der Waals surface area contributed by atoms with Crippen LogP contribution in [0.2, 0.25) is 0 Å². The zero-order valence-corrected chi connectivity index (χ0v) is 9.82. The summed E-state index contributed by atoms with van der Waals surface area (Å²) in [5.41, 5.74) is 1.78. The Morgan fingerprint density at radius 2 is 2.00 bits per heavy atom. The zero-order valence-electron chi connectivity index (χ0n) is 9.82. The van der Waals surface area contributed by atoms with E-state index in [1.165, 1.54) is 0 Å². The number of allylic oxidation sites excluding steroid dienone is 1. The summed E-state index contributed by atoms with van der Waals surface area (Å²) in [4.78, 5) is 12.5. The fraction of sp³-hybridized carbons (Fsp3) is 0.400. The average Bonchev–Trinajstić information content (AvgIpc) is 3.01. The molecule has 2 heterocycles. The molecule has 3 nitrogen and oxygen atoms in total. The third-order valence-corrected chi connectivity index (χ3v) is 4.39. The number of hydrogen-bond donors (Lipinski definition) is 1. The molecule has 0 radical (unpaired) electrons. The largest absolute Gasteiger partial charge is 0.390 e. The van der Waals surface area contributed by atoms with E-state index in [1.807, 2.05) is 36.4 Å². The summed E-state index contributed by atoms with van der Waals surface area (Å²) in [6.45, 7) is 0. The first-order chi connectivity index (χ1) is 8.75. The SMILES string of the molecule is O=C1C(c2ccccc2)=C[C@@H]2[C@@H]3O[C@@H](C[C@@H]3O)[C@H]12. The van der Waals surface area contributed by atoms with Crippen LogP contribution in [0.25, 0.3) is 5.57 Å². The Morgan fingerprint density at radius 1 is 1.22 bits per heavy atom. The summed E-state index contributed by atoms with van der Waals surface area (Å²) in [6, 6.07) is 9.75. The molecule has 2 fully saturated rings. The molecule has 4 rings (SSSR count). The van der Waals surface area contributed by atoms with Gasteiger partial charge in [-0.2, -0.15) is 0 Å². The van der Waals surface area contributed by atoms with Crippen LogP contribution in [0.5, 0.6) is 0 Å². The van der Waals surface area contributed by atoms with Crippen molar-refractivity contribution in [2.45, 2.75) is 24.7 Å². The number of carbonyl (C=O) groups excluding carboxylic acids is 1. The maximum Gasteiger partial charge on any atom is 0.169 e. The maximum atomic E-state index is 12.5. The van der Waals surface area contributed by atoms with Gasteiger partial charge in [-0.1, -0.05) is 36.4 Å². The Hall–Kier alpha value is -1.45. The van der Waals surface area contributed by atoms with E-state index < -0.39 is 6.10 Å². The number of ether oxygens (including phenoxy) is 1. The highest BCUT2D eigenvalue weighted by Gasteiger charge is 2.58. The summed E-state index contributed by atoms with van der Waals surface area (Å²) in [5.74, 6) is 0.195. The summed E-state index contributed by atoms with van der Waals surface area (Å²) >= 11 is 0. The van der Waals surface area contributed by atoms with E-state index in [4.69, 9.17) is 4.74 Å². The van der Waals surface area contributed by atoms with Gasteiger partial charge in [0.15, 0.2) is 5.78 Å². The van der Waals surface area contributed by atoms with Crippen LogP contribution < -0.4 is 0 Å². The van der Waals surface area contributed by atoms with Gasteiger partial charge in [0.2, 0.25) is 0 Å². The van der Waals surface area contributed by atoms with Gasteiger partial charge in [0.05, 0.1) is 24.2 Å². The molecule has 2 saturated heterocycles. The fourth-order valence-electron chi connectivity index (χ4n) is 3.60. The van der Waals surface area contributed by atoms with Gasteiger partial charge in [-0.25, -0.2) is 0 Å². The Balaban J connectivity index is 1.74. The van der Waals surface area contributed by atoms with Gasteiger partial charge < -0.3 is 9.84 Å². The lowest BCUT2D eigenvalue weighted by Gasteiger charge is -2.22. The van der Waals surface area contributed by atoms with E-state index in [0.29, 0.717) is 6.42 Å². The number of benzene rings is 1. The Labute approximate surface area is 105 Å². The molecule has 3 heteroatoms. The van der Waals surface area contributed by atoms with Crippen molar-refractivity contribution in [1.82, 2.24) is 0 Å². The Bertz CT molecular complexity index is 534. The number of carbonyl (C=O) groups is 1. The standard InChI is InChI=1S/C15H14O3/c16-11-7-12-13-10(15(11)18-12)6-9(14(13)17)8-4-2-1-3-5-8/h1-6,10-13,15-16H,7H2/t10-,11-,12-,13+,15-/m0/s1. The quantitative estimate of drug-likeness (QED) is 0.810. The monoisotopic (exact) mass is 242 g/mol. The molecule has 5 atom stereocenters. The van der Waals surface area contributed by atoms with E-state index in [-0.39, 0.29) is 29.8 Å². The lowest BCUT2D eigenvalue weighted by molar-refractivity contribution is -0.118. The molecule has 0 aromatic heterocycles. The van der Waals surface area contributed by atoms with E-state index >= 15 is 0 Å². The number of Topliss-reactive ketones (excluding diaryl/α,β-unsaturated/α-hetero) is 1. The van der Waals surface area contributed by atoms with Crippen LogP contribution in [0.4, 0.5) is 0 Å². The number of aliphatic hydroxyl groups excluding tert-OH is 1. The Kier molecular flexibility index (Phi) is 2.05. The number of fused-ring (bicyclic) bond motifs is 5. The van der Waals surface area contributed by atoms with Crippen molar-refractivity contribution in [3.8, 4) is 0 Å². The number of ketones is 1. The first-order valence-corrected chi connectivity index (χ1v) is 6.40. The zero-order chi connectivity index (χ0) is 12.3.